The van der Waals surface area contributed by atoms with Crippen molar-refractivity contribution < 1.29 is 50.3 Å². The normalized spacial score (nSPS) is 3.43. The molecule has 0 saturated carbocycles. The molecular formula is CH5CaMgNaO3. The molecule has 3 nitrogen and oxygen atoms in total. The van der Waals surface area contributed by atoms with Crippen LogP contribution in [0.3, 0.4) is 0 Å². The van der Waals surface area contributed by atoms with E-state index in [0.717, 1.165) is 0 Å². The van der Waals surface area contributed by atoms with E-state index in [1.54, 1.807) is 0 Å². The van der Waals surface area contributed by atoms with Gasteiger partial charge >= 0.3 is 90.3 Å². The number of carboxylic acid groups (broad SMARTS) is 2. The van der Waals surface area contributed by atoms with Gasteiger partial charge in [0.2, 0.25) is 6.16 Å². The minimum absolute atomic E-state index is 0. The standard InChI is InChI=1S/CH2O3.Ca.Mg.Na.4H/c2-1(3)4;;;;;;;/h(H2,2,3,4);;;;;;;/q;2*+2;+1;4*-1/p-1. The van der Waals surface area contributed by atoms with E-state index in [0.29, 0.717) is 0 Å². The van der Waals surface area contributed by atoms with E-state index in [-0.39, 0.29) is 96.1 Å². The Bertz CT molecular complexity index is 48.3. The molecule has 0 fully saturated rings. The van der Waals surface area contributed by atoms with E-state index in [1.807, 2.05) is 0 Å². The van der Waals surface area contributed by atoms with Gasteiger partial charge in [-0.1, -0.05) is 0 Å². The third kappa shape index (κ3) is 62.4. The summed E-state index contributed by atoms with van der Waals surface area (Å²) in [5, 5.41) is 15.3. The van der Waals surface area contributed by atoms with E-state index in [9.17, 15) is 0 Å². The summed E-state index contributed by atoms with van der Waals surface area (Å²) < 4.78 is 0. The molecule has 0 aliphatic rings. The van der Waals surface area contributed by atoms with E-state index in [2.05, 4.69) is 0 Å². The molecule has 0 rings (SSSR count). The molecule has 0 amide bonds. The first-order valence-corrected chi connectivity index (χ1v) is 0.632. The van der Waals surface area contributed by atoms with Gasteiger partial charge in [0.25, 0.3) is 0 Å². The van der Waals surface area contributed by atoms with Crippen molar-refractivity contribution in [2.45, 2.75) is 0 Å². The van der Waals surface area contributed by atoms with E-state index in [1.165, 1.54) is 0 Å². The Hall–Kier alpha value is 2.30. The van der Waals surface area contributed by atoms with Crippen LogP contribution < -0.4 is 34.7 Å². The zero-order valence-electron chi connectivity index (χ0n) is 8.18. The van der Waals surface area contributed by atoms with Crippen molar-refractivity contribution in [2.75, 3.05) is 0 Å². The first-order valence-electron chi connectivity index (χ1n) is 0.632. The SMILES string of the molecule is O=C([O-])O.[Ca+2].[H-].[H-].[H-].[H-].[Mg+2].[Na+]. The molecule has 0 spiro atoms. The van der Waals surface area contributed by atoms with Gasteiger partial charge < -0.3 is 20.7 Å². The summed E-state index contributed by atoms with van der Waals surface area (Å²) >= 11 is 0. The van der Waals surface area contributed by atoms with Crippen molar-refractivity contribution >= 4 is 66.9 Å². The van der Waals surface area contributed by atoms with Crippen molar-refractivity contribution in [3.8, 4) is 0 Å². The number of hydrogen-bond donors (Lipinski definition) is 1. The summed E-state index contributed by atoms with van der Waals surface area (Å²) in [5.41, 5.74) is 0. The molecule has 0 saturated heterocycles. The monoisotopic (exact) mass is 152 g/mol. The van der Waals surface area contributed by atoms with E-state index >= 15 is 0 Å². The molecule has 0 heterocycles. The minimum Gasteiger partial charge on any atom is -1.00 e. The Labute approximate surface area is 115 Å². The Morgan fingerprint density at radius 3 is 1.71 bits per heavy atom. The number of hydrogen-bond acceptors (Lipinski definition) is 2. The smallest absolute Gasteiger partial charge is 1.00 e. The quantitative estimate of drug-likeness (QED) is 0.357. The molecule has 0 aliphatic heterocycles. The summed E-state index contributed by atoms with van der Waals surface area (Å²) in [4.78, 5) is 8.44. The molecule has 0 unspecified atom stereocenters. The molecule has 0 aliphatic carbocycles. The average Bonchev–Trinajstić information content (AvgIpc) is 0.811. The van der Waals surface area contributed by atoms with Gasteiger partial charge in [0, 0.05) is 0 Å². The minimum atomic E-state index is -2.08. The molecule has 0 aromatic heterocycles. The Morgan fingerprint density at radius 1 is 1.71 bits per heavy atom. The second-order valence-corrected chi connectivity index (χ2v) is 0.266. The molecule has 7 heavy (non-hydrogen) atoms. The number of rotatable bonds is 0. The zero-order valence-corrected chi connectivity index (χ0v) is 9.80. The van der Waals surface area contributed by atoms with Gasteiger partial charge in [-0.25, -0.2) is 0 Å². The van der Waals surface area contributed by atoms with Crippen LogP contribution in [0.4, 0.5) is 4.79 Å². The topological polar surface area (TPSA) is 60.4 Å². The molecule has 0 bridgehead atoms. The maximum absolute atomic E-state index is 8.44. The molecule has 32 valence electrons. The van der Waals surface area contributed by atoms with Gasteiger partial charge in [-0.3, -0.25) is 0 Å². The van der Waals surface area contributed by atoms with Gasteiger partial charge in [0.05, 0.1) is 0 Å². The summed E-state index contributed by atoms with van der Waals surface area (Å²) in [6, 6.07) is 0. The predicted octanol–water partition coefficient (Wildman–Crippen LogP) is -4.42. The molecule has 0 radical (unpaired) electrons. The average molecular weight is 152 g/mol. The first-order chi connectivity index (χ1) is 1.73. The van der Waals surface area contributed by atoms with Crippen LogP contribution in [-0.4, -0.2) is 72.1 Å². The summed E-state index contributed by atoms with van der Waals surface area (Å²) in [5.74, 6) is 0. The molecule has 0 aromatic rings. The van der Waals surface area contributed by atoms with Crippen LogP contribution in [0.15, 0.2) is 0 Å². The predicted molar refractivity (Wildman–Crippen MR) is 24.0 cm³/mol. The van der Waals surface area contributed by atoms with Crippen LogP contribution in [0.5, 0.6) is 0 Å². The third-order valence-electron chi connectivity index (χ3n) is 0. The van der Waals surface area contributed by atoms with Gasteiger partial charge in [-0.2, -0.15) is 0 Å². The largest absolute Gasteiger partial charge is 2.00 e. The fraction of sp³-hybridized carbons (Fsp3) is 0. The van der Waals surface area contributed by atoms with Gasteiger partial charge in [0.1, 0.15) is 0 Å². The van der Waals surface area contributed by atoms with Crippen molar-refractivity contribution in [3.05, 3.63) is 0 Å². The Morgan fingerprint density at radius 2 is 1.71 bits per heavy atom. The maximum Gasteiger partial charge on any atom is 2.00 e. The van der Waals surface area contributed by atoms with Crippen LogP contribution in [0.1, 0.15) is 5.71 Å². The molecule has 0 atom stereocenters. The molecule has 6 heteroatoms. The van der Waals surface area contributed by atoms with Gasteiger partial charge in [0.15, 0.2) is 0 Å². The van der Waals surface area contributed by atoms with Crippen LogP contribution in [0.25, 0.3) is 0 Å². The van der Waals surface area contributed by atoms with Crippen molar-refractivity contribution in [3.63, 3.8) is 0 Å². The van der Waals surface area contributed by atoms with Gasteiger partial charge in [-0.15, -0.1) is 0 Å². The van der Waals surface area contributed by atoms with E-state index in [4.69, 9.17) is 15.0 Å². The van der Waals surface area contributed by atoms with Crippen LogP contribution in [0.2, 0.25) is 0 Å². The van der Waals surface area contributed by atoms with Gasteiger partial charge in [-0.05, 0) is 0 Å². The third-order valence-corrected chi connectivity index (χ3v) is 0. The number of carbonyl (C=O) groups is 1. The van der Waals surface area contributed by atoms with Crippen molar-refractivity contribution in [1.29, 1.82) is 0 Å². The fourth-order valence-electron chi connectivity index (χ4n) is 0. The Balaban J connectivity index is -0.00000000214. The summed E-state index contributed by atoms with van der Waals surface area (Å²) in [6.07, 6.45) is -2.08. The molecular weight excluding hydrogens is 147 g/mol. The van der Waals surface area contributed by atoms with Crippen molar-refractivity contribution in [2.24, 2.45) is 0 Å². The van der Waals surface area contributed by atoms with E-state index < -0.39 is 6.16 Å². The van der Waals surface area contributed by atoms with Crippen LogP contribution in [0, 0.1) is 0 Å². The Kier molecular flexibility index (Phi) is 51.3. The summed E-state index contributed by atoms with van der Waals surface area (Å²) in [6.45, 7) is 0. The zero-order chi connectivity index (χ0) is 3.58. The second-order valence-electron chi connectivity index (χ2n) is 0.266. The molecule has 0 aromatic carbocycles. The van der Waals surface area contributed by atoms with Crippen LogP contribution >= 0.6 is 0 Å². The summed E-state index contributed by atoms with van der Waals surface area (Å²) in [7, 11) is 0. The first kappa shape index (κ1) is 22.8. The fourth-order valence-corrected chi connectivity index (χ4v) is 0. The van der Waals surface area contributed by atoms with Crippen molar-refractivity contribution in [1.82, 2.24) is 0 Å². The van der Waals surface area contributed by atoms with Crippen LogP contribution in [-0.2, 0) is 0 Å². The second kappa shape index (κ2) is 15.7. The maximum atomic E-state index is 8.44. The molecule has 1 N–H and O–H groups in total.